The first-order valence-corrected chi connectivity index (χ1v) is 11.2. The van der Waals surface area contributed by atoms with E-state index < -0.39 is 0 Å². The number of hydrogen-bond acceptors (Lipinski definition) is 3. The number of rotatable bonds is 10. The number of aryl methyl sites for hydroxylation is 3. The lowest BCUT2D eigenvalue weighted by Gasteiger charge is -2.11. The molecular formula is C27H29N3O2. The van der Waals surface area contributed by atoms with Crippen molar-refractivity contribution in [3.8, 4) is 5.75 Å². The highest BCUT2D eigenvalue weighted by molar-refractivity contribution is 5.94. The molecular weight excluding hydrogens is 398 g/mol. The summed E-state index contributed by atoms with van der Waals surface area (Å²) in [6.45, 7) is 4.19. The third-order valence-electron chi connectivity index (χ3n) is 5.45. The second-order valence-electron chi connectivity index (χ2n) is 7.91. The average molecular weight is 428 g/mol. The van der Waals surface area contributed by atoms with Crippen LogP contribution in [-0.2, 0) is 13.0 Å². The molecule has 1 N–H and O–H groups in total. The van der Waals surface area contributed by atoms with Crippen LogP contribution >= 0.6 is 0 Å². The van der Waals surface area contributed by atoms with E-state index in [-0.39, 0.29) is 5.91 Å². The van der Waals surface area contributed by atoms with Crippen LogP contribution in [0.4, 0.5) is 0 Å². The molecule has 32 heavy (non-hydrogen) atoms. The van der Waals surface area contributed by atoms with Crippen LogP contribution in [0.2, 0.25) is 0 Å². The largest absolute Gasteiger partial charge is 0.494 e. The first-order chi connectivity index (χ1) is 15.7. The quantitative estimate of drug-likeness (QED) is 0.355. The Morgan fingerprint density at radius 3 is 2.50 bits per heavy atom. The minimum absolute atomic E-state index is 0.0349. The predicted molar refractivity (Wildman–Crippen MR) is 128 cm³/mol. The number of hydrogen-bond donors (Lipinski definition) is 1. The Morgan fingerprint density at radius 2 is 1.69 bits per heavy atom. The molecule has 0 aliphatic rings. The van der Waals surface area contributed by atoms with Crippen molar-refractivity contribution in [2.24, 2.45) is 0 Å². The van der Waals surface area contributed by atoms with Gasteiger partial charge in [-0.15, -0.1) is 0 Å². The highest BCUT2D eigenvalue weighted by Gasteiger charge is 2.11. The third-order valence-corrected chi connectivity index (χ3v) is 5.45. The van der Waals surface area contributed by atoms with Crippen LogP contribution in [0.3, 0.4) is 0 Å². The van der Waals surface area contributed by atoms with Crippen molar-refractivity contribution in [2.75, 3.05) is 13.2 Å². The van der Waals surface area contributed by atoms with Crippen molar-refractivity contribution in [3.05, 3.63) is 95.8 Å². The van der Waals surface area contributed by atoms with Gasteiger partial charge in [-0.25, -0.2) is 4.98 Å². The lowest BCUT2D eigenvalue weighted by atomic mass is 10.2. The van der Waals surface area contributed by atoms with Crippen molar-refractivity contribution in [1.82, 2.24) is 14.9 Å². The van der Waals surface area contributed by atoms with Crippen LogP contribution in [0.5, 0.6) is 5.75 Å². The van der Waals surface area contributed by atoms with Crippen molar-refractivity contribution in [3.63, 3.8) is 0 Å². The van der Waals surface area contributed by atoms with E-state index in [0.29, 0.717) is 18.7 Å². The number of para-hydroxylation sites is 2. The van der Waals surface area contributed by atoms with Gasteiger partial charge in [0.15, 0.2) is 0 Å². The molecule has 164 valence electrons. The fourth-order valence-corrected chi connectivity index (χ4v) is 3.75. The molecule has 4 rings (SSSR count). The van der Waals surface area contributed by atoms with Gasteiger partial charge in [0.2, 0.25) is 0 Å². The second-order valence-corrected chi connectivity index (χ2v) is 7.91. The summed E-state index contributed by atoms with van der Waals surface area (Å²) in [5.41, 5.74) is 4.07. The molecule has 1 amide bonds. The molecule has 1 aromatic heterocycles. The molecule has 3 aromatic carbocycles. The molecule has 4 aromatic rings. The summed E-state index contributed by atoms with van der Waals surface area (Å²) in [6.07, 6.45) is 2.54. The van der Waals surface area contributed by atoms with Gasteiger partial charge in [0.05, 0.1) is 17.6 Å². The zero-order valence-corrected chi connectivity index (χ0v) is 18.5. The van der Waals surface area contributed by atoms with Gasteiger partial charge < -0.3 is 14.6 Å². The van der Waals surface area contributed by atoms with E-state index in [9.17, 15) is 4.79 Å². The summed E-state index contributed by atoms with van der Waals surface area (Å²) >= 11 is 0. The van der Waals surface area contributed by atoms with Crippen molar-refractivity contribution in [2.45, 2.75) is 32.7 Å². The summed E-state index contributed by atoms with van der Waals surface area (Å²) in [5.74, 6) is 1.92. The Kier molecular flexibility index (Phi) is 7.18. The van der Waals surface area contributed by atoms with Crippen molar-refractivity contribution < 1.29 is 9.53 Å². The molecule has 0 saturated carbocycles. The second kappa shape index (κ2) is 10.6. The summed E-state index contributed by atoms with van der Waals surface area (Å²) in [6, 6.07) is 25.7. The molecule has 5 nitrogen and oxygen atoms in total. The number of nitrogens with zero attached hydrogens (tertiary/aromatic N) is 2. The first kappa shape index (κ1) is 21.6. The molecule has 0 unspecified atom stereocenters. The molecule has 0 fully saturated rings. The molecule has 0 radical (unpaired) electrons. The first-order valence-electron chi connectivity index (χ1n) is 11.2. The number of benzene rings is 3. The maximum Gasteiger partial charge on any atom is 0.251 e. The smallest absolute Gasteiger partial charge is 0.251 e. The zero-order chi connectivity index (χ0) is 22.2. The molecule has 0 aliphatic heterocycles. The van der Waals surface area contributed by atoms with Crippen LogP contribution < -0.4 is 10.1 Å². The fourth-order valence-electron chi connectivity index (χ4n) is 3.75. The molecule has 0 saturated heterocycles. The minimum atomic E-state index is -0.0349. The van der Waals surface area contributed by atoms with Gasteiger partial charge in [-0.2, -0.15) is 0 Å². The highest BCUT2D eigenvalue weighted by atomic mass is 16.5. The number of ether oxygens (including phenoxy) is 1. The highest BCUT2D eigenvalue weighted by Crippen LogP contribution is 2.18. The standard InChI is InChI=1S/C27H29N3O2/c1-21-14-16-23(17-15-21)32-20-8-19-30-25-12-6-5-11-24(25)29-26(30)13-7-18-28-27(31)22-9-3-2-4-10-22/h2-6,9-12,14-17H,7-8,13,18-20H2,1H3,(H,28,31). The molecule has 0 aliphatic carbocycles. The maximum absolute atomic E-state index is 12.2. The van der Waals surface area contributed by atoms with Gasteiger partial charge in [-0.3, -0.25) is 4.79 Å². The van der Waals surface area contributed by atoms with Crippen molar-refractivity contribution in [1.29, 1.82) is 0 Å². The number of amides is 1. The Labute approximate surface area is 189 Å². The topological polar surface area (TPSA) is 56.1 Å². The van der Waals surface area contributed by atoms with Crippen LogP contribution in [0.1, 0.15) is 34.6 Å². The van der Waals surface area contributed by atoms with Gasteiger partial charge in [0.1, 0.15) is 11.6 Å². The van der Waals surface area contributed by atoms with E-state index in [1.807, 2.05) is 54.6 Å². The number of nitrogens with one attached hydrogen (secondary N) is 1. The maximum atomic E-state index is 12.2. The van der Waals surface area contributed by atoms with E-state index in [1.165, 1.54) is 5.56 Å². The van der Waals surface area contributed by atoms with Gasteiger partial charge in [-0.05, 0) is 56.2 Å². The van der Waals surface area contributed by atoms with Crippen LogP contribution in [0.25, 0.3) is 11.0 Å². The molecule has 5 heteroatoms. The summed E-state index contributed by atoms with van der Waals surface area (Å²) in [5, 5.41) is 3.00. The molecule has 1 heterocycles. The minimum Gasteiger partial charge on any atom is -0.494 e. The van der Waals surface area contributed by atoms with Crippen molar-refractivity contribution >= 4 is 16.9 Å². The van der Waals surface area contributed by atoms with E-state index in [2.05, 4.69) is 41.1 Å². The average Bonchev–Trinajstić information content (AvgIpc) is 3.18. The lowest BCUT2D eigenvalue weighted by molar-refractivity contribution is 0.0953. The van der Waals surface area contributed by atoms with E-state index in [1.54, 1.807) is 0 Å². The summed E-state index contributed by atoms with van der Waals surface area (Å²) in [4.78, 5) is 17.1. The molecule has 0 spiro atoms. The van der Waals surface area contributed by atoms with Crippen LogP contribution in [0.15, 0.2) is 78.9 Å². The van der Waals surface area contributed by atoms with E-state index >= 15 is 0 Å². The number of fused-ring (bicyclic) bond motifs is 1. The molecule has 0 bridgehead atoms. The monoisotopic (exact) mass is 427 g/mol. The zero-order valence-electron chi connectivity index (χ0n) is 18.5. The number of carbonyl (C=O) groups excluding carboxylic acids is 1. The normalized spacial score (nSPS) is 10.9. The Morgan fingerprint density at radius 1 is 0.938 bits per heavy atom. The van der Waals surface area contributed by atoms with Gasteiger partial charge >= 0.3 is 0 Å². The van der Waals surface area contributed by atoms with Gasteiger partial charge in [-0.1, -0.05) is 48.0 Å². The SMILES string of the molecule is Cc1ccc(OCCCn2c(CCCNC(=O)c3ccccc3)nc3ccccc32)cc1. The predicted octanol–water partition coefficient (Wildman–Crippen LogP) is 5.18. The van der Waals surface area contributed by atoms with E-state index in [4.69, 9.17) is 9.72 Å². The van der Waals surface area contributed by atoms with E-state index in [0.717, 1.165) is 48.4 Å². The number of aromatic nitrogens is 2. The summed E-state index contributed by atoms with van der Waals surface area (Å²) < 4.78 is 8.18. The van der Waals surface area contributed by atoms with Crippen LogP contribution in [0, 0.1) is 6.92 Å². The van der Waals surface area contributed by atoms with Crippen LogP contribution in [-0.4, -0.2) is 28.6 Å². The lowest BCUT2D eigenvalue weighted by Crippen LogP contribution is -2.24. The summed E-state index contributed by atoms with van der Waals surface area (Å²) in [7, 11) is 0. The molecule has 0 atom stereocenters. The third kappa shape index (κ3) is 5.55. The van der Waals surface area contributed by atoms with Gasteiger partial charge in [0, 0.05) is 25.1 Å². The number of imidazole rings is 1. The fraction of sp³-hybridized carbons (Fsp3) is 0.259. The Balaban J connectivity index is 1.32. The number of carbonyl (C=O) groups is 1. The Bertz CT molecular complexity index is 1150. The van der Waals surface area contributed by atoms with Gasteiger partial charge in [0.25, 0.3) is 5.91 Å². The Hall–Kier alpha value is -3.60.